The number of nitrogens with zero attached hydrogens (tertiary/aromatic N) is 5. The molecule has 2 aromatic heterocycles. The number of rotatable bonds is 3. The highest BCUT2D eigenvalue weighted by atomic mass is 35.5. The SMILES string of the molecule is Cn1nccc1CN1CCCN(c2ncc(C(F)(F)F)cc2Cl)CC1. The molecular weight excluding hydrogens is 355 g/mol. The van der Waals surface area contributed by atoms with Gasteiger partial charge in [0, 0.05) is 52.2 Å². The van der Waals surface area contributed by atoms with Crippen molar-refractivity contribution < 1.29 is 13.2 Å². The first-order chi connectivity index (χ1) is 11.8. The van der Waals surface area contributed by atoms with Gasteiger partial charge in [0.2, 0.25) is 0 Å². The fraction of sp³-hybridized carbons (Fsp3) is 0.500. The number of hydrogen-bond acceptors (Lipinski definition) is 4. The number of alkyl halides is 3. The summed E-state index contributed by atoms with van der Waals surface area (Å²) in [4.78, 5) is 8.22. The minimum Gasteiger partial charge on any atom is -0.354 e. The monoisotopic (exact) mass is 373 g/mol. The van der Waals surface area contributed by atoms with Crippen molar-refractivity contribution in [1.29, 1.82) is 0 Å². The van der Waals surface area contributed by atoms with Crippen LogP contribution in [0.4, 0.5) is 19.0 Å². The van der Waals surface area contributed by atoms with Gasteiger partial charge in [-0.15, -0.1) is 0 Å². The summed E-state index contributed by atoms with van der Waals surface area (Å²) in [5, 5.41) is 4.20. The molecule has 0 aromatic carbocycles. The summed E-state index contributed by atoms with van der Waals surface area (Å²) in [6.45, 7) is 3.85. The van der Waals surface area contributed by atoms with Crippen molar-refractivity contribution in [2.45, 2.75) is 19.1 Å². The third-order valence-electron chi connectivity index (χ3n) is 4.35. The summed E-state index contributed by atoms with van der Waals surface area (Å²) in [6, 6.07) is 2.93. The molecule has 9 heteroatoms. The number of halogens is 4. The van der Waals surface area contributed by atoms with Crippen LogP contribution in [0.3, 0.4) is 0 Å². The van der Waals surface area contributed by atoms with Gasteiger partial charge in [0.1, 0.15) is 5.82 Å². The highest BCUT2D eigenvalue weighted by Crippen LogP contribution is 2.33. The largest absolute Gasteiger partial charge is 0.417 e. The molecule has 0 bridgehead atoms. The molecule has 0 radical (unpaired) electrons. The second kappa shape index (κ2) is 7.21. The van der Waals surface area contributed by atoms with E-state index in [4.69, 9.17) is 11.6 Å². The van der Waals surface area contributed by atoms with E-state index in [2.05, 4.69) is 15.0 Å². The van der Waals surface area contributed by atoms with Gasteiger partial charge in [0.15, 0.2) is 0 Å². The first-order valence-corrected chi connectivity index (χ1v) is 8.39. The van der Waals surface area contributed by atoms with Gasteiger partial charge in [-0.05, 0) is 18.6 Å². The zero-order valence-electron chi connectivity index (χ0n) is 13.8. The van der Waals surface area contributed by atoms with Crippen molar-refractivity contribution in [2.24, 2.45) is 7.05 Å². The Hall–Kier alpha value is -1.80. The van der Waals surface area contributed by atoms with Gasteiger partial charge in [-0.25, -0.2) is 4.98 Å². The van der Waals surface area contributed by atoms with Crippen LogP contribution in [0.1, 0.15) is 17.7 Å². The molecule has 1 aliphatic rings. The Labute approximate surface area is 149 Å². The van der Waals surface area contributed by atoms with Gasteiger partial charge in [0.05, 0.1) is 16.3 Å². The lowest BCUT2D eigenvalue weighted by Gasteiger charge is -2.24. The second-order valence-corrected chi connectivity index (χ2v) is 6.50. The van der Waals surface area contributed by atoms with Crippen molar-refractivity contribution in [3.05, 3.63) is 40.8 Å². The van der Waals surface area contributed by atoms with E-state index in [1.54, 1.807) is 6.20 Å². The zero-order chi connectivity index (χ0) is 18.0. The molecule has 0 aliphatic carbocycles. The van der Waals surface area contributed by atoms with Crippen molar-refractivity contribution in [3.63, 3.8) is 0 Å². The lowest BCUT2D eigenvalue weighted by Crippen LogP contribution is -2.31. The van der Waals surface area contributed by atoms with Gasteiger partial charge in [-0.2, -0.15) is 18.3 Å². The van der Waals surface area contributed by atoms with Crippen molar-refractivity contribution in [2.75, 3.05) is 31.1 Å². The van der Waals surface area contributed by atoms with E-state index in [0.29, 0.717) is 18.9 Å². The van der Waals surface area contributed by atoms with E-state index >= 15 is 0 Å². The van der Waals surface area contributed by atoms with E-state index in [9.17, 15) is 13.2 Å². The third kappa shape index (κ3) is 4.24. The first kappa shape index (κ1) is 18.0. The van der Waals surface area contributed by atoms with Crippen LogP contribution in [-0.2, 0) is 19.8 Å². The molecule has 0 N–H and O–H groups in total. The van der Waals surface area contributed by atoms with Gasteiger partial charge in [0.25, 0.3) is 0 Å². The van der Waals surface area contributed by atoms with Gasteiger partial charge in [-0.3, -0.25) is 9.58 Å². The fourth-order valence-corrected chi connectivity index (χ4v) is 3.23. The van der Waals surface area contributed by atoms with E-state index in [0.717, 1.165) is 44.0 Å². The molecule has 0 unspecified atom stereocenters. The lowest BCUT2D eigenvalue weighted by molar-refractivity contribution is -0.137. The topological polar surface area (TPSA) is 37.2 Å². The van der Waals surface area contributed by atoms with Crippen LogP contribution in [0.5, 0.6) is 0 Å². The molecule has 5 nitrogen and oxygen atoms in total. The first-order valence-electron chi connectivity index (χ1n) is 8.01. The molecule has 1 fully saturated rings. The molecule has 3 rings (SSSR count). The van der Waals surface area contributed by atoms with Crippen LogP contribution in [0.25, 0.3) is 0 Å². The van der Waals surface area contributed by atoms with Crippen molar-refractivity contribution in [1.82, 2.24) is 19.7 Å². The van der Waals surface area contributed by atoms with E-state index in [1.807, 2.05) is 22.7 Å². The quantitative estimate of drug-likeness (QED) is 0.828. The molecular formula is C16H19ClF3N5. The van der Waals surface area contributed by atoms with Gasteiger partial charge >= 0.3 is 6.18 Å². The van der Waals surface area contributed by atoms with Crippen LogP contribution in [0.2, 0.25) is 5.02 Å². The Morgan fingerprint density at radius 1 is 1.20 bits per heavy atom. The summed E-state index contributed by atoms with van der Waals surface area (Å²) in [5.41, 5.74) is 0.299. The Balaban J connectivity index is 1.68. The lowest BCUT2D eigenvalue weighted by atomic mass is 10.2. The standard InChI is InChI=1S/C16H19ClF3N5/c1-23-13(3-4-22-23)11-24-5-2-6-25(8-7-24)15-14(17)9-12(10-21-15)16(18,19)20/h3-4,9-10H,2,5-8,11H2,1H3. The second-order valence-electron chi connectivity index (χ2n) is 6.09. The van der Waals surface area contributed by atoms with Crippen LogP contribution >= 0.6 is 11.6 Å². The van der Waals surface area contributed by atoms with Crippen molar-refractivity contribution in [3.8, 4) is 0 Å². The molecule has 0 amide bonds. The van der Waals surface area contributed by atoms with Crippen LogP contribution in [0, 0.1) is 0 Å². The maximum absolute atomic E-state index is 12.7. The van der Waals surface area contributed by atoms with Crippen molar-refractivity contribution >= 4 is 17.4 Å². The molecule has 0 spiro atoms. The summed E-state index contributed by atoms with van der Waals surface area (Å²) in [5.74, 6) is 0.414. The molecule has 136 valence electrons. The highest BCUT2D eigenvalue weighted by Gasteiger charge is 2.32. The Morgan fingerprint density at radius 3 is 2.64 bits per heavy atom. The van der Waals surface area contributed by atoms with Gasteiger partial charge < -0.3 is 4.90 Å². The number of aryl methyl sites for hydroxylation is 1. The molecule has 0 atom stereocenters. The number of pyridine rings is 1. The van der Waals surface area contributed by atoms with E-state index in [1.165, 1.54) is 0 Å². The van der Waals surface area contributed by atoms with Gasteiger partial charge in [-0.1, -0.05) is 11.6 Å². The summed E-state index contributed by atoms with van der Waals surface area (Å²) >= 11 is 6.06. The number of anilines is 1. The third-order valence-corrected chi connectivity index (χ3v) is 4.62. The summed E-state index contributed by atoms with van der Waals surface area (Å²) < 4.78 is 40.1. The van der Waals surface area contributed by atoms with E-state index < -0.39 is 11.7 Å². The molecule has 3 heterocycles. The summed E-state index contributed by atoms with van der Waals surface area (Å²) in [7, 11) is 1.91. The minimum absolute atomic E-state index is 0.0370. The molecule has 25 heavy (non-hydrogen) atoms. The van der Waals surface area contributed by atoms with Crippen LogP contribution < -0.4 is 4.90 Å². The maximum atomic E-state index is 12.7. The Morgan fingerprint density at radius 2 is 2.00 bits per heavy atom. The molecule has 0 saturated carbocycles. The predicted octanol–water partition coefficient (Wildman–Crippen LogP) is 3.20. The Kier molecular flexibility index (Phi) is 5.19. The zero-order valence-corrected chi connectivity index (χ0v) is 14.6. The molecule has 1 saturated heterocycles. The highest BCUT2D eigenvalue weighted by molar-refractivity contribution is 6.33. The fourth-order valence-electron chi connectivity index (χ4n) is 2.94. The summed E-state index contributed by atoms with van der Waals surface area (Å²) in [6.07, 6.45) is -0.935. The predicted molar refractivity (Wildman–Crippen MR) is 89.6 cm³/mol. The number of hydrogen-bond donors (Lipinski definition) is 0. The Bertz CT molecular complexity index is 731. The van der Waals surface area contributed by atoms with E-state index in [-0.39, 0.29) is 5.02 Å². The molecule has 1 aliphatic heterocycles. The van der Waals surface area contributed by atoms with Crippen LogP contribution in [0.15, 0.2) is 24.5 Å². The van der Waals surface area contributed by atoms with Crippen LogP contribution in [-0.4, -0.2) is 45.8 Å². The minimum atomic E-state index is -4.44. The molecule has 2 aromatic rings. The smallest absolute Gasteiger partial charge is 0.354 e. The average Bonchev–Trinajstić information content (AvgIpc) is 2.81. The maximum Gasteiger partial charge on any atom is 0.417 e. The average molecular weight is 374 g/mol. The normalized spacial score (nSPS) is 16.9. The number of aromatic nitrogens is 3.